The molecule has 0 aromatic rings. The maximum Gasteiger partial charge on any atom is 0.308 e. The van der Waals surface area contributed by atoms with Gasteiger partial charge in [-0.1, -0.05) is 235 Å². The van der Waals surface area contributed by atoms with Gasteiger partial charge in [0.05, 0.1) is 19.6 Å². The average Bonchev–Trinajstić information content (AvgIpc) is 3.24. The molecule has 0 aliphatic heterocycles. The minimum Gasteiger partial charge on any atom is -0.469 e. The van der Waals surface area contributed by atoms with Crippen molar-refractivity contribution < 1.29 is 24.2 Å². The number of hydrogen-bond acceptors (Lipinski definition) is 6. The van der Waals surface area contributed by atoms with Gasteiger partial charge in [-0.15, -0.1) is 0 Å². The summed E-state index contributed by atoms with van der Waals surface area (Å²) in [5.74, 6) is 1.13. The average molecular weight is 828 g/mol. The number of esters is 1. The van der Waals surface area contributed by atoms with Gasteiger partial charge in [0.25, 0.3) is 6.47 Å². The molecule has 0 saturated heterocycles. The van der Waals surface area contributed by atoms with Crippen LogP contribution < -0.4 is 0 Å². The van der Waals surface area contributed by atoms with Gasteiger partial charge in [0.1, 0.15) is 0 Å². The molecular formula is C52H109NO5. The second-order valence-electron chi connectivity index (χ2n) is 16.9. The lowest BCUT2D eigenvalue weighted by molar-refractivity contribution is -0.146. The van der Waals surface area contributed by atoms with Crippen molar-refractivity contribution in [1.29, 1.82) is 0 Å². The van der Waals surface area contributed by atoms with Gasteiger partial charge in [0.2, 0.25) is 0 Å². The first kappa shape index (κ1) is 63.5. The molecule has 0 rings (SSSR count). The number of carbonyl (C=O) groups excluding carboxylic acids is 2. The SMILES string of the molecule is CC.CCCCCCCCC(C)CCCCCC.CCCCCCCCC(CCCCCCC)C(=O)OC.CCCCCCN(CCCO)CCCCCCOC=O. The maximum atomic E-state index is 11.8. The Morgan fingerprint density at radius 2 is 0.828 bits per heavy atom. The van der Waals surface area contributed by atoms with Crippen LogP contribution in [0.4, 0.5) is 0 Å². The molecule has 2 atom stereocenters. The van der Waals surface area contributed by atoms with Gasteiger partial charge in [-0.3, -0.25) is 9.59 Å². The van der Waals surface area contributed by atoms with Crippen molar-refractivity contribution in [2.75, 3.05) is 40.0 Å². The molecular weight excluding hydrogens is 719 g/mol. The highest BCUT2D eigenvalue weighted by molar-refractivity contribution is 5.72. The van der Waals surface area contributed by atoms with Crippen LogP contribution in [0.2, 0.25) is 0 Å². The highest BCUT2D eigenvalue weighted by atomic mass is 16.5. The Morgan fingerprint density at radius 1 is 0.500 bits per heavy atom. The standard InChI is InChI=1S/C18H36O2.C16H33NO3.C16H34.C2H6/c1-4-6-8-10-12-14-16-17(18(19)20-3)15-13-11-9-7-5-2;1-2-3-4-7-11-17(13-10-14-18)12-8-5-6-9-15-20-16-19;1-4-6-8-10-11-13-15-16(3)14-12-9-7-5-2;1-2/h17H,4-16H2,1-3H3;16,18H,2-15H2,1H3;16H,4-15H2,1-3H3;1-2H3. The minimum atomic E-state index is 0.00838. The lowest BCUT2D eigenvalue weighted by atomic mass is 9.94. The second-order valence-corrected chi connectivity index (χ2v) is 16.9. The van der Waals surface area contributed by atoms with Crippen LogP contribution in [0.25, 0.3) is 0 Å². The molecule has 58 heavy (non-hydrogen) atoms. The fourth-order valence-corrected chi connectivity index (χ4v) is 7.36. The molecule has 0 bridgehead atoms. The summed E-state index contributed by atoms with van der Waals surface area (Å²) in [7, 11) is 1.52. The quantitative estimate of drug-likeness (QED) is 0.0375. The van der Waals surface area contributed by atoms with E-state index in [4.69, 9.17) is 9.84 Å². The Hall–Kier alpha value is -1.14. The first-order chi connectivity index (χ1) is 28.4. The Kier molecular flexibility index (Phi) is 65.9. The van der Waals surface area contributed by atoms with Crippen LogP contribution in [0.15, 0.2) is 0 Å². The van der Waals surface area contributed by atoms with E-state index in [1.54, 1.807) is 0 Å². The van der Waals surface area contributed by atoms with Gasteiger partial charge in [-0.25, -0.2) is 0 Å². The van der Waals surface area contributed by atoms with E-state index in [1.807, 2.05) is 13.8 Å². The normalized spacial score (nSPS) is 11.7. The topological polar surface area (TPSA) is 76.1 Å². The zero-order valence-electron chi connectivity index (χ0n) is 41.3. The van der Waals surface area contributed by atoms with E-state index in [1.165, 1.54) is 193 Å². The van der Waals surface area contributed by atoms with Crippen molar-refractivity contribution in [2.24, 2.45) is 11.8 Å². The molecule has 0 aliphatic rings. The summed E-state index contributed by atoms with van der Waals surface area (Å²) in [5, 5.41) is 8.95. The molecule has 0 fully saturated rings. The summed E-state index contributed by atoms with van der Waals surface area (Å²) in [6.07, 6.45) is 44.0. The highest BCUT2D eigenvalue weighted by Crippen LogP contribution is 2.21. The van der Waals surface area contributed by atoms with Crippen LogP contribution in [0.3, 0.4) is 0 Å². The van der Waals surface area contributed by atoms with Crippen LogP contribution in [0.1, 0.15) is 274 Å². The van der Waals surface area contributed by atoms with E-state index in [0.29, 0.717) is 13.1 Å². The molecule has 0 radical (unpaired) electrons. The van der Waals surface area contributed by atoms with Crippen LogP contribution in [0, 0.1) is 11.8 Å². The minimum absolute atomic E-state index is 0.00838. The van der Waals surface area contributed by atoms with Crippen molar-refractivity contribution in [1.82, 2.24) is 4.90 Å². The molecule has 2 unspecified atom stereocenters. The molecule has 0 heterocycles. The predicted molar refractivity (Wildman–Crippen MR) is 257 cm³/mol. The van der Waals surface area contributed by atoms with Crippen LogP contribution in [-0.4, -0.2) is 62.4 Å². The summed E-state index contributed by atoms with van der Waals surface area (Å²) >= 11 is 0. The van der Waals surface area contributed by atoms with Crippen LogP contribution >= 0.6 is 0 Å². The van der Waals surface area contributed by atoms with Crippen LogP contribution in [0.5, 0.6) is 0 Å². The van der Waals surface area contributed by atoms with E-state index >= 15 is 0 Å². The summed E-state index contributed by atoms with van der Waals surface area (Å²) in [6.45, 7) is 22.4. The fraction of sp³-hybridized carbons (Fsp3) is 0.962. The Balaban J connectivity index is -0.000000371. The number of aliphatic hydroxyl groups excluding tert-OH is 1. The highest BCUT2D eigenvalue weighted by Gasteiger charge is 2.18. The van der Waals surface area contributed by atoms with Gasteiger partial charge in [0, 0.05) is 13.2 Å². The van der Waals surface area contributed by atoms with Gasteiger partial charge >= 0.3 is 5.97 Å². The van der Waals surface area contributed by atoms with Crippen molar-refractivity contribution in [2.45, 2.75) is 274 Å². The molecule has 0 aromatic heterocycles. The van der Waals surface area contributed by atoms with Crippen molar-refractivity contribution in [3.8, 4) is 0 Å². The summed E-state index contributed by atoms with van der Waals surface area (Å²) < 4.78 is 9.62. The summed E-state index contributed by atoms with van der Waals surface area (Å²) in [4.78, 5) is 24.2. The smallest absolute Gasteiger partial charge is 0.308 e. The lowest BCUT2D eigenvalue weighted by Crippen LogP contribution is -2.27. The molecule has 0 saturated carbocycles. The number of carbonyl (C=O) groups is 2. The molecule has 352 valence electrons. The number of methoxy groups -OCH3 is 1. The number of nitrogens with zero attached hydrogens (tertiary/aromatic N) is 1. The molecule has 0 spiro atoms. The predicted octanol–water partition coefficient (Wildman–Crippen LogP) is 16.2. The van der Waals surface area contributed by atoms with Gasteiger partial charge in [0.15, 0.2) is 0 Å². The molecule has 0 aromatic carbocycles. The third-order valence-electron chi connectivity index (χ3n) is 11.2. The second kappa shape index (κ2) is 60.2. The third kappa shape index (κ3) is 57.0. The van der Waals surface area contributed by atoms with E-state index in [9.17, 15) is 9.59 Å². The van der Waals surface area contributed by atoms with E-state index in [2.05, 4.69) is 51.2 Å². The van der Waals surface area contributed by atoms with Gasteiger partial charge in [-0.2, -0.15) is 0 Å². The van der Waals surface area contributed by atoms with Crippen molar-refractivity contribution in [3.05, 3.63) is 0 Å². The summed E-state index contributed by atoms with van der Waals surface area (Å²) in [6, 6.07) is 0. The zero-order chi connectivity index (χ0) is 44.0. The summed E-state index contributed by atoms with van der Waals surface area (Å²) in [5.41, 5.74) is 0. The Bertz CT molecular complexity index is 720. The maximum absolute atomic E-state index is 11.8. The van der Waals surface area contributed by atoms with Gasteiger partial charge < -0.3 is 19.5 Å². The molecule has 1 N–H and O–H groups in total. The van der Waals surface area contributed by atoms with Crippen molar-refractivity contribution in [3.63, 3.8) is 0 Å². The van der Waals surface area contributed by atoms with Crippen molar-refractivity contribution >= 4 is 12.4 Å². The first-order valence-electron chi connectivity index (χ1n) is 25.9. The van der Waals surface area contributed by atoms with E-state index in [-0.39, 0.29) is 18.5 Å². The fourth-order valence-electron chi connectivity index (χ4n) is 7.36. The number of hydrogen-bond donors (Lipinski definition) is 1. The first-order valence-corrected chi connectivity index (χ1v) is 25.9. The monoisotopic (exact) mass is 828 g/mol. The molecule has 6 heteroatoms. The van der Waals surface area contributed by atoms with Gasteiger partial charge in [-0.05, 0) is 57.5 Å². The Labute approximate surface area is 365 Å². The third-order valence-corrected chi connectivity index (χ3v) is 11.2. The molecule has 6 nitrogen and oxygen atoms in total. The van der Waals surface area contributed by atoms with Crippen LogP contribution in [-0.2, 0) is 19.1 Å². The Morgan fingerprint density at radius 3 is 1.22 bits per heavy atom. The molecule has 0 amide bonds. The number of ether oxygens (including phenoxy) is 2. The number of aliphatic hydroxyl groups is 1. The number of unbranched alkanes of at least 4 members (excludes halogenated alkanes) is 23. The number of rotatable bonds is 42. The zero-order valence-corrected chi connectivity index (χ0v) is 41.3. The largest absolute Gasteiger partial charge is 0.469 e. The van der Waals surface area contributed by atoms with E-state index in [0.717, 1.165) is 57.7 Å². The molecule has 0 aliphatic carbocycles. The van der Waals surface area contributed by atoms with E-state index < -0.39 is 0 Å². The lowest BCUT2D eigenvalue weighted by Gasteiger charge is -2.21.